The highest BCUT2D eigenvalue weighted by Gasteiger charge is 2.33. The molecule has 1 atom stereocenters. The zero-order valence-electron chi connectivity index (χ0n) is 18.5. The summed E-state index contributed by atoms with van der Waals surface area (Å²) in [5.41, 5.74) is 3.67. The van der Waals surface area contributed by atoms with Crippen molar-refractivity contribution in [3.63, 3.8) is 0 Å². The average molecular weight is 439 g/mol. The van der Waals surface area contributed by atoms with Crippen LogP contribution >= 0.6 is 0 Å². The number of aryl methyl sites for hydroxylation is 1. The molecule has 2 aromatic rings. The van der Waals surface area contributed by atoms with Gasteiger partial charge < -0.3 is 23.8 Å². The summed E-state index contributed by atoms with van der Waals surface area (Å²) in [6.07, 6.45) is 3.11. The third-order valence-electron chi connectivity index (χ3n) is 6.84. The van der Waals surface area contributed by atoms with Gasteiger partial charge in [-0.2, -0.15) is 0 Å². The number of ether oxygens (including phenoxy) is 2. The molecule has 0 N–H and O–H groups in total. The summed E-state index contributed by atoms with van der Waals surface area (Å²) in [4.78, 5) is 34.1. The first-order valence-electron chi connectivity index (χ1n) is 11.5. The number of nitrogens with zero attached hydrogens (tertiary/aromatic N) is 4. The lowest BCUT2D eigenvalue weighted by Gasteiger charge is -2.35. The predicted molar refractivity (Wildman–Crippen MR) is 117 cm³/mol. The summed E-state index contributed by atoms with van der Waals surface area (Å²) in [5, 5.41) is 0. The topological polar surface area (TPSA) is 76.9 Å². The molecule has 4 heterocycles. The molecule has 2 fully saturated rings. The Labute approximate surface area is 188 Å². The van der Waals surface area contributed by atoms with Gasteiger partial charge in [-0.3, -0.25) is 9.59 Å². The van der Waals surface area contributed by atoms with Crippen LogP contribution in [0.5, 0.6) is 0 Å². The van der Waals surface area contributed by atoms with E-state index in [2.05, 4.69) is 36.2 Å². The zero-order valence-corrected chi connectivity index (χ0v) is 18.5. The van der Waals surface area contributed by atoms with E-state index in [9.17, 15) is 9.59 Å². The van der Waals surface area contributed by atoms with Gasteiger partial charge in [0, 0.05) is 32.1 Å². The first kappa shape index (κ1) is 21.2. The molecule has 0 radical (unpaired) electrons. The van der Waals surface area contributed by atoms with Crippen LogP contribution in [0.3, 0.4) is 0 Å². The monoisotopic (exact) mass is 438 g/mol. The number of hydrogen-bond acceptors (Lipinski definition) is 5. The van der Waals surface area contributed by atoms with E-state index in [-0.39, 0.29) is 23.8 Å². The molecule has 0 spiro atoms. The lowest BCUT2D eigenvalue weighted by molar-refractivity contribution is -0.141. The Morgan fingerprint density at radius 1 is 1.00 bits per heavy atom. The molecule has 3 aliphatic rings. The van der Waals surface area contributed by atoms with Gasteiger partial charge in [0.2, 0.25) is 5.91 Å². The third-order valence-corrected chi connectivity index (χ3v) is 6.84. The number of carbonyl (C=O) groups is 2. The van der Waals surface area contributed by atoms with Crippen molar-refractivity contribution >= 4 is 11.8 Å². The van der Waals surface area contributed by atoms with E-state index in [0.29, 0.717) is 71.1 Å². The van der Waals surface area contributed by atoms with Crippen LogP contribution in [-0.4, -0.2) is 70.6 Å². The van der Waals surface area contributed by atoms with Gasteiger partial charge in [0.25, 0.3) is 5.91 Å². The van der Waals surface area contributed by atoms with E-state index in [1.807, 2.05) is 14.4 Å². The number of hydrogen-bond donors (Lipinski definition) is 0. The van der Waals surface area contributed by atoms with Gasteiger partial charge >= 0.3 is 0 Å². The highest BCUT2D eigenvalue weighted by molar-refractivity contribution is 5.93. The van der Waals surface area contributed by atoms with E-state index in [4.69, 9.17) is 9.47 Å². The van der Waals surface area contributed by atoms with Crippen molar-refractivity contribution < 1.29 is 19.1 Å². The highest BCUT2D eigenvalue weighted by atomic mass is 16.5. The molecule has 1 aromatic carbocycles. The molecular formula is C24H30N4O4. The Hall–Kier alpha value is -2.71. The van der Waals surface area contributed by atoms with Crippen LogP contribution in [0.25, 0.3) is 0 Å². The van der Waals surface area contributed by atoms with E-state index >= 15 is 0 Å². The van der Waals surface area contributed by atoms with Gasteiger partial charge in [-0.25, -0.2) is 4.98 Å². The van der Waals surface area contributed by atoms with Crippen molar-refractivity contribution in [3.05, 3.63) is 53.1 Å². The average Bonchev–Trinajstić information content (AvgIpc) is 3.27. The number of imidazole rings is 1. The van der Waals surface area contributed by atoms with Crippen LogP contribution in [0.15, 0.2) is 30.6 Å². The smallest absolute Gasteiger partial charge is 0.274 e. The molecule has 8 nitrogen and oxygen atoms in total. The normalized spacial score (nSPS) is 22.0. The summed E-state index contributed by atoms with van der Waals surface area (Å²) < 4.78 is 13.5. The van der Waals surface area contributed by atoms with Crippen molar-refractivity contribution in [3.8, 4) is 0 Å². The molecule has 0 aliphatic carbocycles. The summed E-state index contributed by atoms with van der Waals surface area (Å²) in [5.74, 6) is 0.135. The molecular weight excluding hydrogens is 408 g/mol. The molecule has 32 heavy (non-hydrogen) atoms. The van der Waals surface area contributed by atoms with E-state index in [1.165, 1.54) is 5.56 Å². The lowest BCUT2D eigenvalue weighted by Crippen LogP contribution is -2.47. The quantitative estimate of drug-likeness (QED) is 0.734. The Balaban J connectivity index is 1.20. The Morgan fingerprint density at radius 2 is 1.72 bits per heavy atom. The van der Waals surface area contributed by atoms with Crippen LogP contribution in [0.4, 0.5) is 0 Å². The van der Waals surface area contributed by atoms with Gasteiger partial charge in [-0.1, -0.05) is 29.8 Å². The van der Waals surface area contributed by atoms with Crippen molar-refractivity contribution in [2.45, 2.75) is 39.0 Å². The number of fused-ring (bicyclic) bond motifs is 1. The summed E-state index contributed by atoms with van der Waals surface area (Å²) >= 11 is 0. The molecule has 0 saturated carbocycles. The summed E-state index contributed by atoms with van der Waals surface area (Å²) in [6.45, 7) is 6.81. The Bertz CT molecular complexity index is 972. The highest BCUT2D eigenvalue weighted by Crippen LogP contribution is 2.29. The van der Waals surface area contributed by atoms with Gasteiger partial charge in [0.05, 0.1) is 38.4 Å². The van der Waals surface area contributed by atoms with E-state index < -0.39 is 0 Å². The number of rotatable bonds is 3. The zero-order chi connectivity index (χ0) is 22.1. The second-order valence-electron chi connectivity index (χ2n) is 8.91. The maximum Gasteiger partial charge on any atom is 0.274 e. The number of benzene rings is 1. The number of likely N-dealkylation sites (tertiary alicyclic amines) is 1. The predicted octanol–water partition coefficient (Wildman–Crippen LogP) is 2.17. The summed E-state index contributed by atoms with van der Waals surface area (Å²) in [6, 6.07) is 8.36. The number of morpholine rings is 1. The second-order valence-corrected chi connectivity index (χ2v) is 8.91. The molecule has 1 aromatic heterocycles. The molecule has 2 amide bonds. The molecule has 2 saturated heterocycles. The van der Waals surface area contributed by atoms with Crippen molar-refractivity contribution in [1.29, 1.82) is 0 Å². The fourth-order valence-corrected chi connectivity index (χ4v) is 4.81. The minimum absolute atomic E-state index is 0.00772. The van der Waals surface area contributed by atoms with E-state index in [1.54, 1.807) is 6.33 Å². The second kappa shape index (κ2) is 9.03. The van der Waals surface area contributed by atoms with Crippen LogP contribution in [0, 0.1) is 12.8 Å². The van der Waals surface area contributed by atoms with Crippen molar-refractivity contribution in [2.75, 3.05) is 39.4 Å². The Kier molecular flexibility index (Phi) is 5.97. The number of carbonyl (C=O) groups excluding carboxylic acids is 2. The van der Waals surface area contributed by atoms with Gasteiger partial charge in [-0.05, 0) is 25.3 Å². The molecule has 170 valence electrons. The largest absolute Gasteiger partial charge is 0.378 e. The maximum absolute atomic E-state index is 13.2. The van der Waals surface area contributed by atoms with Crippen LogP contribution in [0.1, 0.15) is 46.3 Å². The molecule has 0 bridgehead atoms. The number of aromatic nitrogens is 2. The number of amides is 2. The van der Waals surface area contributed by atoms with Crippen molar-refractivity contribution in [2.24, 2.45) is 5.92 Å². The minimum atomic E-state index is -0.0617. The van der Waals surface area contributed by atoms with Gasteiger partial charge in [0.1, 0.15) is 6.10 Å². The first-order chi connectivity index (χ1) is 15.6. The van der Waals surface area contributed by atoms with Crippen LogP contribution in [0.2, 0.25) is 0 Å². The maximum atomic E-state index is 13.2. The Morgan fingerprint density at radius 3 is 2.44 bits per heavy atom. The molecule has 1 unspecified atom stereocenters. The number of piperidine rings is 1. The van der Waals surface area contributed by atoms with E-state index in [0.717, 1.165) is 11.3 Å². The lowest BCUT2D eigenvalue weighted by atomic mass is 9.94. The molecule has 8 heteroatoms. The van der Waals surface area contributed by atoms with Crippen LogP contribution < -0.4 is 0 Å². The standard InChI is InChI=1S/C24H30N4O4/c1-17-2-4-18(5-3-17)21-14-28-16-25-22(20(28)15-32-21)24(30)26-8-6-19(7-9-26)23(29)27-10-12-31-13-11-27/h2-5,16,19,21H,6-15H2,1H3. The SMILES string of the molecule is Cc1ccc(C2Cn3cnc(C(=O)N4CCC(C(=O)N5CCOCC5)CC4)c3CO2)cc1. The minimum Gasteiger partial charge on any atom is -0.378 e. The first-order valence-corrected chi connectivity index (χ1v) is 11.5. The van der Waals surface area contributed by atoms with Gasteiger partial charge in [-0.15, -0.1) is 0 Å². The van der Waals surface area contributed by atoms with Crippen LogP contribution in [-0.2, 0) is 27.4 Å². The molecule has 5 rings (SSSR count). The fraction of sp³-hybridized carbons (Fsp3) is 0.542. The fourth-order valence-electron chi connectivity index (χ4n) is 4.81. The molecule has 3 aliphatic heterocycles. The summed E-state index contributed by atoms with van der Waals surface area (Å²) in [7, 11) is 0. The van der Waals surface area contributed by atoms with Gasteiger partial charge in [0.15, 0.2) is 5.69 Å². The third kappa shape index (κ3) is 4.17. The van der Waals surface area contributed by atoms with Crippen molar-refractivity contribution in [1.82, 2.24) is 19.4 Å².